The second kappa shape index (κ2) is 4.13. The topological polar surface area (TPSA) is 0 Å². The van der Waals surface area contributed by atoms with E-state index in [1.165, 1.54) is 6.07 Å². The summed E-state index contributed by atoms with van der Waals surface area (Å²) in [5, 5.41) is 0.509. The van der Waals surface area contributed by atoms with E-state index in [1.54, 1.807) is 6.92 Å². The van der Waals surface area contributed by atoms with E-state index < -0.39 is 17.5 Å². The quantitative estimate of drug-likeness (QED) is 0.558. The minimum atomic E-state index is -1.40. The molecule has 0 amide bonds. The van der Waals surface area contributed by atoms with Gasteiger partial charge in [0, 0.05) is 5.33 Å². The molecule has 1 atom stereocenters. The summed E-state index contributed by atoms with van der Waals surface area (Å²) < 4.78 is 38.3. The number of hydrogen-bond acceptors (Lipinski definition) is 0. The van der Waals surface area contributed by atoms with Gasteiger partial charge in [-0.2, -0.15) is 0 Å². The number of alkyl halides is 1. The van der Waals surface area contributed by atoms with Gasteiger partial charge in [-0.3, -0.25) is 0 Å². The molecule has 0 aromatic heterocycles. The lowest BCUT2D eigenvalue weighted by Crippen LogP contribution is -2.02. The minimum absolute atomic E-state index is 0.171. The molecule has 13 heavy (non-hydrogen) atoms. The maximum Gasteiger partial charge on any atom is 0.194 e. The molecule has 0 aliphatic carbocycles. The SMILES string of the molecule is CC(CBr)c1ccc(F)c(F)c1F. The molecule has 72 valence electrons. The van der Waals surface area contributed by atoms with E-state index in [0.29, 0.717) is 5.33 Å². The summed E-state index contributed by atoms with van der Waals surface area (Å²) in [4.78, 5) is 0. The van der Waals surface area contributed by atoms with E-state index in [2.05, 4.69) is 15.9 Å². The van der Waals surface area contributed by atoms with Crippen LogP contribution in [0.2, 0.25) is 0 Å². The van der Waals surface area contributed by atoms with Crippen LogP contribution in [-0.4, -0.2) is 5.33 Å². The molecule has 0 saturated carbocycles. The Balaban J connectivity index is 3.18. The van der Waals surface area contributed by atoms with Crippen molar-refractivity contribution >= 4 is 15.9 Å². The smallest absolute Gasteiger partial charge is 0.194 e. The number of hydrogen-bond donors (Lipinski definition) is 0. The molecule has 0 radical (unpaired) electrons. The van der Waals surface area contributed by atoms with Gasteiger partial charge < -0.3 is 0 Å². The monoisotopic (exact) mass is 252 g/mol. The number of halogens is 4. The van der Waals surface area contributed by atoms with Crippen LogP contribution in [0.1, 0.15) is 18.4 Å². The van der Waals surface area contributed by atoms with Crippen LogP contribution in [0.3, 0.4) is 0 Å². The van der Waals surface area contributed by atoms with Crippen molar-refractivity contribution in [3.05, 3.63) is 35.1 Å². The molecule has 0 aliphatic rings. The Hall–Kier alpha value is -0.510. The van der Waals surface area contributed by atoms with Crippen LogP contribution in [-0.2, 0) is 0 Å². The molecule has 0 heterocycles. The van der Waals surface area contributed by atoms with Crippen LogP contribution in [0, 0.1) is 17.5 Å². The lowest BCUT2D eigenvalue weighted by Gasteiger charge is -2.09. The maximum atomic E-state index is 13.1. The van der Waals surface area contributed by atoms with Crippen LogP contribution in [0.4, 0.5) is 13.2 Å². The van der Waals surface area contributed by atoms with Crippen molar-refractivity contribution in [1.82, 2.24) is 0 Å². The highest BCUT2D eigenvalue weighted by Crippen LogP contribution is 2.23. The predicted octanol–water partition coefficient (Wildman–Crippen LogP) is 3.60. The van der Waals surface area contributed by atoms with Gasteiger partial charge in [0.15, 0.2) is 17.5 Å². The average molecular weight is 253 g/mol. The standard InChI is InChI=1S/C9H8BrF3/c1-5(4-10)6-2-3-7(11)9(13)8(6)12/h2-3,5H,4H2,1H3. The molecule has 0 saturated heterocycles. The van der Waals surface area contributed by atoms with Gasteiger partial charge in [-0.25, -0.2) is 13.2 Å². The first kappa shape index (κ1) is 10.6. The fourth-order valence-electron chi connectivity index (χ4n) is 1.00. The third kappa shape index (κ3) is 2.05. The van der Waals surface area contributed by atoms with Crippen molar-refractivity contribution < 1.29 is 13.2 Å². The van der Waals surface area contributed by atoms with Crippen molar-refractivity contribution in [2.24, 2.45) is 0 Å². The van der Waals surface area contributed by atoms with Crippen LogP contribution in [0.25, 0.3) is 0 Å². The van der Waals surface area contributed by atoms with Crippen LogP contribution in [0.15, 0.2) is 12.1 Å². The predicted molar refractivity (Wildman–Crippen MR) is 48.5 cm³/mol. The summed E-state index contributed by atoms with van der Waals surface area (Å²) in [6, 6.07) is 2.20. The van der Waals surface area contributed by atoms with Gasteiger partial charge in [0.1, 0.15) is 0 Å². The molecular weight excluding hydrogens is 245 g/mol. The van der Waals surface area contributed by atoms with Crippen LogP contribution < -0.4 is 0 Å². The van der Waals surface area contributed by atoms with Gasteiger partial charge in [0.2, 0.25) is 0 Å². The summed E-state index contributed by atoms with van der Waals surface area (Å²) in [7, 11) is 0. The summed E-state index contributed by atoms with van der Waals surface area (Å²) in [6.07, 6.45) is 0. The van der Waals surface area contributed by atoms with Crippen LogP contribution in [0.5, 0.6) is 0 Å². The van der Waals surface area contributed by atoms with Gasteiger partial charge >= 0.3 is 0 Å². The van der Waals surface area contributed by atoms with Crippen molar-refractivity contribution in [3.8, 4) is 0 Å². The first-order valence-electron chi connectivity index (χ1n) is 3.77. The Morgan fingerprint density at radius 3 is 2.38 bits per heavy atom. The normalized spacial score (nSPS) is 13.0. The second-order valence-corrected chi connectivity index (χ2v) is 3.47. The van der Waals surface area contributed by atoms with Crippen LogP contribution >= 0.6 is 15.9 Å². The molecule has 0 N–H and O–H groups in total. The molecule has 1 unspecified atom stereocenters. The van der Waals surface area contributed by atoms with E-state index in [-0.39, 0.29) is 11.5 Å². The van der Waals surface area contributed by atoms with Gasteiger partial charge in [0.05, 0.1) is 0 Å². The van der Waals surface area contributed by atoms with E-state index in [0.717, 1.165) is 6.07 Å². The molecule has 0 aliphatic heterocycles. The number of rotatable bonds is 2. The fourth-order valence-corrected chi connectivity index (χ4v) is 1.35. The Morgan fingerprint density at radius 2 is 1.85 bits per heavy atom. The zero-order valence-electron chi connectivity index (χ0n) is 6.95. The van der Waals surface area contributed by atoms with Gasteiger partial charge in [0.25, 0.3) is 0 Å². The van der Waals surface area contributed by atoms with Crippen molar-refractivity contribution in [2.75, 3.05) is 5.33 Å². The lowest BCUT2D eigenvalue weighted by molar-refractivity contribution is 0.438. The Morgan fingerprint density at radius 1 is 1.23 bits per heavy atom. The van der Waals surface area contributed by atoms with E-state index in [1.807, 2.05) is 0 Å². The molecule has 1 aromatic rings. The van der Waals surface area contributed by atoms with E-state index in [4.69, 9.17) is 0 Å². The molecule has 1 rings (SSSR count). The molecule has 4 heteroatoms. The number of benzene rings is 1. The Bertz CT molecular complexity index is 312. The lowest BCUT2D eigenvalue weighted by atomic mass is 10.0. The molecule has 1 aromatic carbocycles. The highest BCUT2D eigenvalue weighted by molar-refractivity contribution is 9.09. The maximum absolute atomic E-state index is 13.1. The van der Waals surface area contributed by atoms with E-state index in [9.17, 15) is 13.2 Å². The minimum Gasteiger partial charge on any atom is -0.204 e. The zero-order chi connectivity index (χ0) is 10.0. The van der Waals surface area contributed by atoms with Gasteiger partial charge in [-0.15, -0.1) is 0 Å². The summed E-state index contributed by atoms with van der Waals surface area (Å²) >= 11 is 3.15. The third-order valence-electron chi connectivity index (χ3n) is 1.83. The third-order valence-corrected chi connectivity index (χ3v) is 2.80. The van der Waals surface area contributed by atoms with Crippen molar-refractivity contribution in [2.45, 2.75) is 12.8 Å². The average Bonchev–Trinajstić information content (AvgIpc) is 2.13. The first-order chi connectivity index (χ1) is 6.07. The van der Waals surface area contributed by atoms with E-state index >= 15 is 0 Å². The summed E-state index contributed by atoms with van der Waals surface area (Å²) in [6.45, 7) is 1.73. The van der Waals surface area contributed by atoms with Crippen molar-refractivity contribution in [3.63, 3.8) is 0 Å². The molecular formula is C9H8BrF3. The molecule has 0 nitrogen and oxygen atoms in total. The summed E-state index contributed by atoms with van der Waals surface area (Å²) in [5.74, 6) is -3.81. The Labute approximate surface area is 82.9 Å². The van der Waals surface area contributed by atoms with Crippen molar-refractivity contribution in [1.29, 1.82) is 0 Å². The van der Waals surface area contributed by atoms with Gasteiger partial charge in [-0.05, 0) is 17.5 Å². The summed E-state index contributed by atoms with van der Waals surface area (Å²) in [5.41, 5.74) is 0.191. The fraction of sp³-hybridized carbons (Fsp3) is 0.333. The highest BCUT2D eigenvalue weighted by Gasteiger charge is 2.16. The first-order valence-corrected chi connectivity index (χ1v) is 4.89. The second-order valence-electron chi connectivity index (χ2n) is 2.82. The largest absolute Gasteiger partial charge is 0.204 e. The molecule has 0 fully saturated rings. The molecule has 0 bridgehead atoms. The highest BCUT2D eigenvalue weighted by atomic mass is 79.9. The molecule has 0 spiro atoms. The zero-order valence-corrected chi connectivity index (χ0v) is 8.54. The van der Waals surface area contributed by atoms with Gasteiger partial charge in [-0.1, -0.05) is 28.9 Å². The Kier molecular flexibility index (Phi) is 3.36.